The highest BCUT2D eigenvalue weighted by atomic mass is 16.5. The number of nitrogens with two attached hydrogens (primary N) is 1. The molecule has 2 aliphatic rings. The predicted molar refractivity (Wildman–Crippen MR) is 47.3 cm³/mol. The molecule has 0 aliphatic carbocycles. The van der Waals surface area contributed by atoms with Gasteiger partial charge >= 0.3 is 6.03 Å². The number of rotatable bonds is 0. The second-order valence-electron chi connectivity index (χ2n) is 3.70. The number of carbonyl (C=O) groups is 1. The Hall–Kier alpha value is -0.810. The molecule has 0 unspecified atom stereocenters. The molecule has 0 spiro atoms. The summed E-state index contributed by atoms with van der Waals surface area (Å²) in [4.78, 5) is 14.8. The molecule has 0 aromatic rings. The summed E-state index contributed by atoms with van der Waals surface area (Å²) in [6.07, 6.45) is 0.159. The third-order valence-corrected chi connectivity index (χ3v) is 2.89. The second kappa shape index (κ2) is 3.16. The molecule has 2 aliphatic heterocycles. The van der Waals surface area contributed by atoms with Gasteiger partial charge in [-0.3, -0.25) is 4.90 Å². The Bertz CT molecular complexity index is 221. The molecule has 0 aromatic heterocycles. The summed E-state index contributed by atoms with van der Waals surface area (Å²) in [7, 11) is 2.06. The fraction of sp³-hybridized carbons (Fsp3) is 0.875. The number of ether oxygens (including phenoxy) is 1. The van der Waals surface area contributed by atoms with Crippen LogP contribution in [0.5, 0.6) is 0 Å². The van der Waals surface area contributed by atoms with Gasteiger partial charge in [-0.15, -0.1) is 0 Å². The van der Waals surface area contributed by atoms with Crippen LogP contribution in [0.2, 0.25) is 0 Å². The third kappa shape index (κ3) is 1.49. The minimum Gasteiger partial charge on any atom is -0.373 e. The Morgan fingerprint density at radius 1 is 1.54 bits per heavy atom. The number of morpholine rings is 1. The molecule has 74 valence electrons. The van der Waals surface area contributed by atoms with Gasteiger partial charge < -0.3 is 15.4 Å². The van der Waals surface area contributed by atoms with Gasteiger partial charge in [-0.05, 0) is 7.05 Å². The summed E-state index contributed by atoms with van der Waals surface area (Å²) >= 11 is 0. The minimum atomic E-state index is -0.341. The molecule has 2 atom stereocenters. The quantitative estimate of drug-likeness (QED) is 0.531. The Labute approximate surface area is 77.4 Å². The van der Waals surface area contributed by atoms with Crippen molar-refractivity contribution in [3.05, 3.63) is 0 Å². The molecule has 0 radical (unpaired) electrons. The van der Waals surface area contributed by atoms with E-state index in [0.29, 0.717) is 19.1 Å². The zero-order chi connectivity index (χ0) is 9.42. The second-order valence-corrected chi connectivity index (χ2v) is 3.70. The van der Waals surface area contributed by atoms with Crippen LogP contribution in [0.15, 0.2) is 0 Å². The van der Waals surface area contributed by atoms with Crippen LogP contribution in [0.3, 0.4) is 0 Å². The van der Waals surface area contributed by atoms with Gasteiger partial charge in [-0.1, -0.05) is 0 Å². The Balaban J connectivity index is 2.04. The molecule has 5 nitrogen and oxygen atoms in total. The first kappa shape index (κ1) is 8.77. The van der Waals surface area contributed by atoms with Crippen molar-refractivity contribution in [1.29, 1.82) is 0 Å². The van der Waals surface area contributed by atoms with Crippen molar-refractivity contribution < 1.29 is 9.53 Å². The summed E-state index contributed by atoms with van der Waals surface area (Å²) < 4.78 is 5.56. The largest absolute Gasteiger partial charge is 0.373 e. The van der Waals surface area contributed by atoms with Gasteiger partial charge in [0.1, 0.15) is 0 Å². The molecule has 2 rings (SSSR count). The lowest BCUT2D eigenvalue weighted by Crippen LogP contribution is -2.48. The Kier molecular flexibility index (Phi) is 2.13. The van der Waals surface area contributed by atoms with Gasteiger partial charge in [0.2, 0.25) is 0 Å². The lowest BCUT2D eigenvalue weighted by atomic mass is 10.1. The highest BCUT2D eigenvalue weighted by Crippen LogP contribution is 2.20. The number of carbonyl (C=O) groups excluding carboxylic acids is 1. The fourth-order valence-corrected chi connectivity index (χ4v) is 2.04. The number of hydrogen-bond donors (Lipinski definition) is 1. The molecule has 2 N–H and O–H groups in total. The Morgan fingerprint density at radius 3 is 2.92 bits per heavy atom. The SMILES string of the molecule is CN1CCO[C@@H]2CN(C(N)=O)C[C@H]21. The van der Waals surface area contributed by atoms with E-state index in [1.807, 2.05) is 0 Å². The average molecular weight is 185 g/mol. The van der Waals surface area contributed by atoms with E-state index >= 15 is 0 Å². The van der Waals surface area contributed by atoms with E-state index in [0.717, 1.165) is 13.2 Å². The predicted octanol–water partition coefficient (Wildman–Crippen LogP) is -0.920. The van der Waals surface area contributed by atoms with E-state index in [2.05, 4.69) is 11.9 Å². The van der Waals surface area contributed by atoms with Gasteiger partial charge in [0.05, 0.1) is 25.3 Å². The molecule has 2 fully saturated rings. The highest BCUT2D eigenvalue weighted by Gasteiger charge is 2.39. The number of likely N-dealkylation sites (N-methyl/N-ethyl adjacent to an activating group) is 1. The van der Waals surface area contributed by atoms with Crippen molar-refractivity contribution in [1.82, 2.24) is 9.80 Å². The molecule has 2 saturated heterocycles. The topological polar surface area (TPSA) is 58.8 Å². The third-order valence-electron chi connectivity index (χ3n) is 2.89. The van der Waals surface area contributed by atoms with Crippen LogP contribution < -0.4 is 5.73 Å². The van der Waals surface area contributed by atoms with Gasteiger partial charge in [-0.2, -0.15) is 0 Å². The first-order valence-corrected chi connectivity index (χ1v) is 4.54. The maximum atomic E-state index is 10.9. The van der Waals surface area contributed by atoms with Crippen molar-refractivity contribution in [2.45, 2.75) is 12.1 Å². The van der Waals surface area contributed by atoms with Crippen molar-refractivity contribution in [2.75, 3.05) is 33.3 Å². The van der Waals surface area contributed by atoms with Crippen LogP contribution in [0, 0.1) is 0 Å². The van der Waals surface area contributed by atoms with Crippen LogP contribution in [0.1, 0.15) is 0 Å². The maximum Gasteiger partial charge on any atom is 0.314 e. The monoisotopic (exact) mass is 185 g/mol. The van der Waals surface area contributed by atoms with E-state index in [9.17, 15) is 4.79 Å². The van der Waals surface area contributed by atoms with Crippen molar-refractivity contribution in [3.63, 3.8) is 0 Å². The normalized spacial score (nSPS) is 34.7. The van der Waals surface area contributed by atoms with E-state index in [-0.39, 0.29) is 12.1 Å². The van der Waals surface area contributed by atoms with Gasteiger partial charge in [0.25, 0.3) is 0 Å². The fourth-order valence-electron chi connectivity index (χ4n) is 2.04. The summed E-state index contributed by atoms with van der Waals surface area (Å²) in [6, 6.07) is -0.00681. The van der Waals surface area contributed by atoms with Gasteiger partial charge in [0.15, 0.2) is 0 Å². The molecular formula is C8H15N3O2. The van der Waals surface area contributed by atoms with Crippen LogP contribution in [-0.4, -0.2) is 61.3 Å². The van der Waals surface area contributed by atoms with E-state index in [1.54, 1.807) is 4.90 Å². The molecule has 2 heterocycles. The van der Waals surface area contributed by atoms with Crippen LogP contribution in [0.4, 0.5) is 4.79 Å². The minimum absolute atomic E-state index is 0.159. The molecule has 2 amide bonds. The zero-order valence-electron chi connectivity index (χ0n) is 7.77. The number of amides is 2. The molecule has 0 aromatic carbocycles. The number of nitrogens with zero attached hydrogens (tertiary/aromatic N) is 2. The van der Waals surface area contributed by atoms with Gasteiger partial charge in [0, 0.05) is 13.1 Å². The molecule has 5 heteroatoms. The van der Waals surface area contributed by atoms with Crippen molar-refractivity contribution in [2.24, 2.45) is 5.73 Å². The molecule has 0 bridgehead atoms. The smallest absolute Gasteiger partial charge is 0.314 e. The van der Waals surface area contributed by atoms with Crippen molar-refractivity contribution >= 4 is 6.03 Å². The summed E-state index contributed by atoms with van der Waals surface area (Å²) in [6.45, 7) is 3.04. The summed E-state index contributed by atoms with van der Waals surface area (Å²) in [5, 5.41) is 0. The number of hydrogen-bond acceptors (Lipinski definition) is 3. The zero-order valence-corrected chi connectivity index (χ0v) is 7.77. The summed E-state index contributed by atoms with van der Waals surface area (Å²) in [5.74, 6) is 0. The molecule has 0 saturated carbocycles. The van der Waals surface area contributed by atoms with Crippen LogP contribution >= 0.6 is 0 Å². The van der Waals surface area contributed by atoms with E-state index < -0.39 is 0 Å². The number of primary amides is 1. The van der Waals surface area contributed by atoms with Crippen LogP contribution in [-0.2, 0) is 4.74 Å². The summed E-state index contributed by atoms with van der Waals surface area (Å²) in [5.41, 5.74) is 5.21. The number of fused-ring (bicyclic) bond motifs is 1. The van der Waals surface area contributed by atoms with Gasteiger partial charge in [-0.25, -0.2) is 4.79 Å². The Morgan fingerprint density at radius 2 is 2.31 bits per heavy atom. The average Bonchev–Trinajstić information content (AvgIpc) is 2.49. The lowest BCUT2D eigenvalue weighted by Gasteiger charge is -2.33. The highest BCUT2D eigenvalue weighted by molar-refractivity contribution is 5.72. The number of urea groups is 1. The van der Waals surface area contributed by atoms with Crippen LogP contribution in [0.25, 0.3) is 0 Å². The van der Waals surface area contributed by atoms with E-state index in [1.165, 1.54) is 0 Å². The van der Waals surface area contributed by atoms with Crippen molar-refractivity contribution in [3.8, 4) is 0 Å². The number of likely N-dealkylation sites (tertiary alicyclic amines) is 1. The maximum absolute atomic E-state index is 10.9. The standard InChI is InChI=1S/C8H15N3O2/c1-10-2-3-13-7-5-11(8(9)12)4-6(7)10/h6-7H,2-5H2,1H3,(H2,9,12)/t6-,7-/m1/s1. The first-order valence-electron chi connectivity index (χ1n) is 4.54. The van der Waals surface area contributed by atoms with E-state index in [4.69, 9.17) is 10.5 Å². The lowest BCUT2D eigenvalue weighted by molar-refractivity contribution is -0.0367. The molecule has 13 heavy (non-hydrogen) atoms. The first-order chi connectivity index (χ1) is 6.18. The molecular weight excluding hydrogens is 170 g/mol.